The molecule has 0 saturated heterocycles. The summed E-state index contributed by atoms with van der Waals surface area (Å²) in [6, 6.07) is 4.90. The molecule has 0 radical (unpaired) electrons. The van der Waals surface area contributed by atoms with E-state index in [9.17, 15) is 9.90 Å². The Kier molecular flexibility index (Phi) is 5.61. The minimum Gasteiger partial charge on any atom is -0.508 e. The lowest BCUT2D eigenvalue weighted by Gasteiger charge is -2.21. The van der Waals surface area contributed by atoms with Crippen molar-refractivity contribution in [3.8, 4) is 5.75 Å². The summed E-state index contributed by atoms with van der Waals surface area (Å²) in [6.45, 7) is 3.60. The van der Waals surface area contributed by atoms with Crippen molar-refractivity contribution in [3.63, 3.8) is 0 Å². The molecule has 1 aromatic rings. The Balaban J connectivity index is 2.83. The number of phenolic OH excluding ortho intramolecular Hbond substituents is 1. The Bertz CT molecular complexity index is 407. The number of rotatable bonds is 6. The molecule has 5 heteroatoms. The molecule has 0 fully saturated rings. The van der Waals surface area contributed by atoms with E-state index >= 15 is 0 Å². The van der Waals surface area contributed by atoms with Gasteiger partial charge in [0.25, 0.3) is 5.91 Å². The maximum atomic E-state index is 12.2. The number of carbonyl (C=O) groups is 1. The van der Waals surface area contributed by atoms with Crippen LogP contribution < -0.4 is 5.73 Å². The Morgan fingerprint density at radius 1 is 1.44 bits per heavy atom. The molecule has 0 spiro atoms. The van der Waals surface area contributed by atoms with Crippen LogP contribution in [0, 0.1) is 6.92 Å². The van der Waals surface area contributed by atoms with Crippen LogP contribution in [0.15, 0.2) is 18.2 Å². The van der Waals surface area contributed by atoms with Crippen LogP contribution in [0.3, 0.4) is 0 Å². The average molecular weight is 252 g/mol. The highest BCUT2D eigenvalue weighted by Crippen LogP contribution is 2.18. The minimum atomic E-state index is -0.146. The van der Waals surface area contributed by atoms with E-state index in [1.54, 1.807) is 31.1 Å². The zero-order chi connectivity index (χ0) is 13.5. The van der Waals surface area contributed by atoms with E-state index in [0.717, 1.165) is 5.56 Å². The fraction of sp³-hybridized carbons (Fsp3) is 0.462. The maximum Gasteiger partial charge on any atom is 0.254 e. The molecule has 0 atom stereocenters. The van der Waals surface area contributed by atoms with Crippen molar-refractivity contribution >= 4 is 5.91 Å². The van der Waals surface area contributed by atoms with Crippen molar-refractivity contribution in [3.05, 3.63) is 29.3 Å². The van der Waals surface area contributed by atoms with E-state index in [4.69, 9.17) is 10.5 Å². The van der Waals surface area contributed by atoms with E-state index in [2.05, 4.69) is 0 Å². The highest BCUT2D eigenvalue weighted by Gasteiger charge is 2.15. The SMILES string of the molecule is COCCN(CCN)C(=O)c1ccc(C)c(O)c1. The summed E-state index contributed by atoms with van der Waals surface area (Å²) in [6.07, 6.45) is 0. The fourth-order valence-electron chi connectivity index (χ4n) is 1.60. The van der Waals surface area contributed by atoms with Crippen molar-refractivity contribution in [1.29, 1.82) is 0 Å². The number of phenols is 1. The molecule has 3 N–H and O–H groups in total. The number of nitrogens with zero attached hydrogens (tertiary/aromatic N) is 1. The second-order valence-corrected chi connectivity index (χ2v) is 4.07. The van der Waals surface area contributed by atoms with Gasteiger partial charge in [-0.25, -0.2) is 0 Å². The molecule has 0 heterocycles. The first-order valence-electron chi connectivity index (χ1n) is 5.88. The van der Waals surface area contributed by atoms with Crippen molar-refractivity contribution in [2.45, 2.75) is 6.92 Å². The van der Waals surface area contributed by atoms with Crippen LogP contribution in [0.25, 0.3) is 0 Å². The van der Waals surface area contributed by atoms with Gasteiger partial charge in [0, 0.05) is 32.3 Å². The minimum absolute atomic E-state index is 0.125. The fourth-order valence-corrected chi connectivity index (χ4v) is 1.60. The molecule has 18 heavy (non-hydrogen) atoms. The largest absolute Gasteiger partial charge is 0.508 e. The van der Waals surface area contributed by atoms with Crippen LogP contribution in [0.1, 0.15) is 15.9 Å². The quantitative estimate of drug-likeness (QED) is 0.783. The Morgan fingerprint density at radius 2 is 2.17 bits per heavy atom. The van der Waals surface area contributed by atoms with Crippen molar-refractivity contribution in [1.82, 2.24) is 4.90 Å². The Labute approximate surface area is 107 Å². The van der Waals surface area contributed by atoms with Crippen LogP contribution in [0.4, 0.5) is 0 Å². The first-order valence-corrected chi connectivity index (χ1v) is 5.88. The summed E-state index contributed by atoms with van der Waals surface area (Å²) < 4.78 is 4.96. The van der Waals surface area contributed by atoms with Crippen LogP contribution in [0.2, 0.25) is 0 Å². The molecule has 5 nitrogen and oxygen atoms in total. The topological polar surface area (TPSA) is 75.8 Å². The maximum absolute atomic E-state index is 12.2. The zero-order valence-corrected chi connectivity index (χ0v) is 10.8. The third-order valence-electron chi connectivity index (χ3n) is 2.71. The lowest BCUT2D eigenvalue weighted by molar-refractivity contribution is 0.0701. The van der Waals surface area contributed by atoms with Crippen LogP contribution in [-0.2, 0) is 4.74 Å². The predicted molar refractivity (Wildman–Crippen MR) is 69.7 cm³/mol. The number of hydrogen-bond donors (Lipinski definition) is 2. The number of ether oxygens (including phenoxy) is 1. The molecule has 0 unspecified atom stereocenters. The van der Waals surface area contributed by atoms with Gasteiger partial charge in [-0.05, 0) is 24.6 Å². The molecule has 100 valence electrons. The molecule has 0 aromatic heterocycles. The van der Waals surface area contributed by atoms with Gasteiger partial charge in [-0.15, -0.1) is 0 Å². The molecule has 1 amide bonds. The molecule has 0 aliphatic heterocycles. The summed E-state index contributed by atoms with van der Waals surface area (Å²) >= 11 is 0. The van der Waals surface area contributed by atoms with Crippen molar-refractivity contribution in [2.75, 3.05) is 33.4 Å². The monoisotopic (exact) mass is 252 g/mol. The van der Waals surface area contributed by atoms with Gasteiger partial charge in [0.2, 0.25) is 0 Å². The highest BCUT2D eigenvalue weighted by molar-refractivity contribution is 5.94. The molecular weight excluding hydrogens is 232 g/mol. The number of amides is 1. The van der Waals surface area contributed by atoms with E-state index in [-0.39, 0.29) is 11.7 Å². The smallest absolute Gasteiger partial charge is 0.254 e. The molecule has 1 rings (SSSR count). The van der Waals surface area contributed by atoms with E-state index in [0.29, 0.717) is 31.8 Å². The van der Waals surface area contributed by atoms with Gasteiger partial charge in [0.1, 0.15) is 5.75 Å². The second kappa shape index (κ2) is 6.98. The van der Waals surface area contributed by atoms with E-state index in [1.165, 1.54) is 6.07 Å². The predicted octanol–water partition coefficient (Wildman–Crippen LogP) is 0.748. The number of aryl methyl sites for hydroxylation is 1. The summed E-state index contributed by atoms with van der Waals surface area (Å²) in [5.41, 5.74) is 6.69. The van der Waals surface area contributed by atoms with Gasteiger partial charge in [-0.3, -0.25) is 4.79 Å². The molecular formula is C13H20N2O3. The number of benzene rings is 1. The molecule has 0 aliphatic carbocycles. The van der Waals surface area contributed by atoms with Crippen LogP contribution in [-0.4, -0.2) is 49.3 Å². The number of aromatic hydroxyl groups is 1. The van der Waals surface area contributed by atoms with Gasteiger partial charge < -0.3 is 20.5 Å². The van der Waals surface area contributed by atoms with Gasteiger partial charge in [0.15, 0.2) is 0 Å². The summed E-state index contributed by atoms with van der Waals surface area (Å²) in [4.78, 5) is 13.8. The number of hydrogen-bond acceptors (Lipinski definition) is 4. The summed E-state index contributed by atoms with van der Waals surface area (Å²) in [5, 5.41) is 9.62. The summed E-state index contributed by atoms with van der Waals surface area (Å²) in [7, 11) is 1.59. The normalized spacial score (nSPS) is 10.4. The van der Waals surface area contributed by atoms with E-state index in [1.807, 2.05) is 0 Å². The van der Waals surface area contributed by atoms with Crippen LogP contribution >= 0.6 is 0 Å². The van der Waals surface area contributed by atoms with Crippen molar-refractivity contribution < 1.29 is 14.6 Å². The lowest BCUT2D eigenvalue weighted by Crippen LogP contribution is -2.37. The Morgan fingerprint density at radius 3 is 2.72 bits per heavy atom. The summed E-state index contributed by atoms with van der Waals surface area (Å²) in [5.74, 6) is -0.0203. The van der Waals surface area contributed by atoms with Gasteiger partial charge in [0.05, 0.1) is 6.61 Å². The first-order chi connectivity index (χ1) is 8.60. The van der Waals surface area contributed by atoms with Crippen molar-refractivity contribution in [2.24, 2.45) is 5.73 Å². The second-order valence-electron chi connectivity index (χ2n) is 4.07. The molecule has 0 saturated carbocycles. The number of carbonyl (C=O) groups excluding carboxylic acids is 1. The third-order valence-corrected chi connectivity index (χ3v) is 2.71. The Hall–Kier alpha value is -1.59. The first kappa shape index (κ1) is 14.5. The lowest BCUT2D eigenvalue weighted by atomic mass is 10.1. The molecule has 1 aromatic carbocycles. The highest BCUT2D eigenvalue weighted by atomic mass is 16.5. The van der Waals surface area contributed by atoms with Crippen LogP contribution in [0.5, 0.6) is 5.75 Å². The standard InChI is InChI=1S/C13H20N2O3/c1-10-3-4-11(9-12(10)16)13(17)15(6-5-14)7-8-18-2/h3-4,9,16H,5-8,14H2,1-2H3. The van der Waals surface area contributed by atoms with E-state index < -0.39 is 0 Å². The number of nitrogens with two attached hydrogens (primary N) is 1. The number of methoxy groups -OCH3 is 1. The molecule has 0 bridgehead atoms. The van der Waals surface area contributed by atoms with Gasteiger partial charge in [-0.2, -0.15) is 0 Å². The zero-order valence-electron chi connectivity index (χ0n) is 10.8. The van der Waals surface area contributed by atoms with Gasteiger partial charge in [-0.1, -0.05) is 6.07 Å². The third kappa shape index (κ3) is 3.72. The average Bonchev–Trinajstić information content (AvgIpc) is 2.37. The van der Waals surface area contributed by atoms with Gasteiger partial charge >= 0.3 is 0 Å². The molecule has 0 aliphatic rings.